The maximum atomic E-state index is 12.5. The molecular formula is C16H16Cl2N4O2. The molecule has 1 aromatic carbocycles. The maximum absolute atomic E-state index is 12.5. The molecule has 0 bridgehead atoms. The van der Waals surface area contributed by atoms with E-state index in [0.29, 0.717) is 53.7 Å². The number of aryl methyl sites for hydroxylation is 1. The van der Waals surface area contributed by atoms with Crippen LogP contribution in [0.1, 0.15) is 16.2 Å². The van der Waals surface area contributed by atoms with Crippen molar-refractivity contribution in [1.82, 2.24) is 9.97 Å². The van der Waals surface area contributed by atoms with E-state index in [1.807, 2.05) is 11.8 Å². The first kappa shape index (κ1) is 17.0. The zero-order valence-electron chi connectivity index (χ0n) is 13.1. The Balaban J connectivity index is 1.84. The molecule has 1 amide bonds. The van der Waals surface area contributed by atoms with Crippen molar-refractivity contribution in [3.05, 3.63) is 45.7 Å². The fraction of sp³-hybridized carbons (Fsp3) is 0.312. The Morgan fingerprint density at radius 1 is 1.21 bits per heavy atom. The highest BCUT2D eigenvalue weighted by Gasteiger charge is 2.18. The molecule has 24 heavy (non-hydrogen) atoms. The van der Waals surface area contributed by atoms with E-state index < -0.39 is 0 Å². The number of anilines is 2. The molecule has 2 aromatic rings. The Kier molecular flexibility index (Phi) is 5.18. The van der Waals surface area contributed by atoms with Crippen molar-refractivity contribution >= 4 is 40.7 Å². The molecule has 0 saturated carbocycles. The Bertz CT molecular complexity index is 764. The van der Waals surface area contributed by atoms with E-state index in [-0.39, 0.29) is 11.6 Å². The molecule has 1 fully saturated rings. The van der Waals surface area contributed by atoms with Crippen LogP contribution in [0.3, 0.4) is 0 Å². The summed E-state index contributed by atoms with van der Waals surface area (Å²) in [6.45, 7) is 4.47. The summed E-state index contributed by atoms with van der Waals surface area (Å²) in [5.74, 6) is 0.166. The van der Waals surface area contributed by atoms with Crippen LogP contribution in [0.5, 0.6) is 0 Å². The van der Waals surface area contributed by atoms with Crippen LogP contribution < -0.4 is 10.2 Å². The van der Waals surface area contributed by atoms with Crippen LogP contribution in [0.4, 0.5) is 11.6 Å². The summed E-state index contributed by atoms with van der Waals surface area (Å²) in [6.07, 6.45) is 0. The fourth-order valence-electron chi connectivity index (χ4n) is 2.35. The van der Waals surface area contributed by atoms with Crippen LogP contribution in [0.15, 0.2) is 24.3 Å². The van der Waals surface area contributed by atoms with Crippen LogP contribution in [0.25, 0.3) is 0 Å². The number of halogens is 2. The van der Waals surface area contributed by atoms with Crippen molar-refractivity contribution in [3.8, 4) is 0 Å². The van der Waals surface area contributed by atoms with E-state index in [1.165, 1.54) is 0 Å². The lowest BCUT2D eigenvalue weighted by Crippen LogP contribution is -2.37. The van der Waals surface area contributed by atoms with E-state index in [1.54, 1.807) is 24.3 Å². The number of aromatic nitrogens is 2. The molecule has 0 aliphatic carbocycles. The maximum Gasteiger partial charge on any atom is 0.274 e. The minimum absolute atomic E-state index is 0.278. The van der Waals surface area contributed by atoms with Gasteiger partial charge in [0.1, 0.15) is 5.69 Å². The Labute approximate surface area is 149 Å². The quantitative estimate of drug-likeness (QED) is 0.903. The van der Waals surface area contributed by atoms with E-state index in [4.69, 9.17) is 27.9 Å². The van der Waals surface area contributed by atoms with Crippen molar-refractivity contribution in [1.29, 1.82) is 0 Å². The lowest BCUT2D eigenvalue weighted by molar-refractivity contribution is 0.102. The zero-order chi connectivity index (χ0) is 17.1. The van der Waals surface area contributed by atoms with Gasteiger partial charge in [-0.3, -0.25) is 4.79 Å². The molecule has 0 atom stereocenters. The van der Waals surface area contributed by atoms with Crippen molar-refractivity contribution in [3.63, 3.8) is 0 Å². The first-order valence-electron chi connectivity index (χ1n) is 7.48. The van der Waals surface area contributed by atoms with E-state index >= 15 is 0 Å². The summed E-state index contributed by atoms with van der Waals surface area (Å²) in [4.78, 5) is 23.3. The number of hydrogen-bond donors (Lipinski definition) is 1. The number of benzene rings is 1. The largest absolute Gasteiger partial charge is 0.378 e. The molecule has 0 spiro atoms. The van der Waals surface area contributed by atoms with Crippen LogP contribution in [0.2, 0.25) is 10.0 Å². The molecule has 1 aromatic heterocycles. The lowest BCUT2D eigenvalue weighted by Gasteiger charge is -2.27. The molecule has 8 heteroatoms. The van der Waals surface area contributed by atoms with E-state index in [0.717, 1.165) is 0 Å². The number of carbonyl (C=O) groups is 1. The first-order valence-corrected chi connectivity index (χ1v) is 8.23. The van der Waals surface area contributed by atoms with Crippen molar-refractivity contribution in [2.45, 2.75) is 6.92 Å². The molecule has 1 saturated heterocycles. The van der Waals surface area contributed by atoms with Crippen molar-refractivity contribution in [2.75, 3.05) is 36.5 Å². The van der Waals surface area contributed by atoms with E-state index in [9.17, 15) is 4.79 Å². The third-order valence-electron chi connectivity index (χ3n) is 3.55. The number of hydrogen-bond acceptors (Lipinski definition) is 5. The molecule has 0 unspecified atom stereocenters. The van der Waals surface area contributed by atoms with Gasteiger partial charge in [0.2, 0.25) is 5.95 Å². The minimum Gasteiger partial charge on any atom is -0.378 e. The van der Waals surface area contributed by atoms with Gasteiger partial charge in [-0.1, -0.05) is 23.2 Å². The molecule has 1 aliphatic rings. The van der Waals surface area contributed by atoms with Gasteiger partial charge in [0.25, 0.3) is 5.91 Å². The average molecular weight is 367 g/mol. The van der Waals surface area contributed by atoms with Gasteiger partial charge in [-0.05, 0) is 31.2 Å². The average Bonchev–Trinajstić information content (AvgIpc) is 2.58. The Morgan fingerprint density at radius 2 is 1.96 bits per heavy atom. The third-order valence-corrected chi connectivity index (χ3v) is 4.11. The lowest BCUT2D eigenvalue weighted by atomic mass is 10.2. The van der Waals surface area contributed by atoms with Gasteiger partial charge >= 0.3 is 0 Å². The van der Waals surface area contributed by atoms with Gasteiger partial charge in [0.15, 0.2) is 0 Å². The van der Waals surface area contributed by atoms with Gasteiger partial charge in [-0.2, -0.15) is 0 Å². The summed E-state index contributed by atoms with van der Waals surface area (Å²) in [5, 5.41) is 3.63. The summed E-state index contributed by atoms with van der Waals surface area (Å²) in [6, 6.07) is 6.52. The monoisotopic (exact) mass is 366 g/mol. The van der Waals surface area contributed by atoms with Crippen molar-refractivity contribution in [2.24, 2.45) is 0 Å². The standard InChI is InChI=1S/C16H16Cl2N4O2/c1-10-8-14(21-16(19-10)22-4-6-24-7-5-22)15(23)20-13-9-11(17)2-3-12(13)18/h2-3,8-9H,4-7H2,1H3,(H,20,23). The van der Waals surface area contributed by atoms with Gasteiger partial charge in [-0.15, -0.1) is 0 Å². The molecule has 1 N–H and O–H groups in total. The van der Waals surface area contributed by atoms with Gasteiger partial charge in [-0.25, -0.2) is 9.97 Å². The third kappa shape index (κ3) is 3.95. The van der Waals surface area contributed by atoms with Crippen molar-refractivity contribution < 1.29 is 9.53 Å². The number of morpholine rings is 1. The van der Waals surface area contributed by atoms with Crippen LogP contribution in [-0.4, -0.2) is 42.2 Å². The Morgan fingerprint density at radius 3 is 2.71 bits per heavy atom. The van der Waals surface area contributed by atoms with Crippen LogP contribution >= 0.6 is 23.2 Å². The highest BCUT2D eigenvalue weighted by molar-refractivity contribution is 6.35. The second kappa shape index (κ2) is 7.34. The van der Waals surface area contributed by atoms with Gasteiger partial charge in [0, 0.05) is 23.8 Å². The fourth-order valence-corrected chi connectivity index (χ4v) is 2.69. The number of nitrogens with one attached hydrogen (secondary N) is 1. The molecule has 3 rings (SSSR count). The first-order chi connectivity index (χ1) is 11.5. The summed E-state index contributed by atoms with van der Waals surface area (Å²) >= 11 is 12.0. The predicted octanol–water partition coefficient (Wildman–Crippen LogP) is 3.18. The zero-order valence-corrected chi connectivity index (χ0v) is 14.6. The summed E-state index contributed by atoms with van der Waals surface area (Å²) in [7, 11) is 0. The molecule has 1 aliphatic heterocycles. The number of rotatable bonds is 3. The predicted molar refractivity (Wildman–Crippen MR) is 94.2 cm³/mol. The number of ether oxygens (including phenoxy) is 1. The van der Waals surface area contributed by atoms with E-state index in [2.05, 4.69) is 15.3 Å². The molecule has 0 radical (unpaired) electrons. The van der Waals surface area contributed by atoms with Gasteiger partial charge in [0.05, 0.1) is 23.9 Å². The molecule has 6 nitrogen and oxygen atoms in total. The second-order valence-corrected chi connectivity index (χ2v) is 6.22. The summed E-state index contributed by atoms with van der Waals surface area (Å²) in [5.41, 5.74) is 1.44. The highest BCUT2D eigenvalue weighted by atomic mass is 35.5. The number of nitrogens with zero attached hydrogens (tertiary/aromatic N) is 3. The smallest absolute Gasteiger partial charge is 0.274 e. The summed E-state index contributed by atoms with van der Waals surface area (Å²) < 4.78 is 5.33. The molecular weight excluding hydrogens is 351 g/mol. The highest BCUT2D eigenvalue weighted by Crippen LogP contribution is 2.26. The van der Waals surface area contributed by atoms with Gasteiger partial charge < -0.3 is 15.0 Å². The minimum atomic E-state index is -0.362. The normalized spacial score (nSPS) is 14.5. The van der Waals surface area contributed by atoms with Crippen LogP contribution in [0, 0.1) is 6.92 Å². The second-order valence-electron chi connectivity index (χ2n) is 5.37. The van der Waals surface area contributed by atoms with Crippen LogP contribution in [-0.2, 0) is 4.74 Å². The molecule has 2 heterocycles. The number of carbonyl (C=O) groups excluding carboxylic acids is 1. The number of amides is 1. The Hall–Kier alpha value is -1.89. The topological polar surface area (TPSA) is 67.4 Å². The SMILES string of the molecule is Cc1cc(C(=O)Nc2cc(Cl)ccc2Cl)nc(N2CCOCC2)n1. The molecule has 126 valence electrons.